The van der Waals surface area contributed by atoms with Crippen molar-refractivity contribution >= 4 is 29.2 Å². The maximum atomic E-state index is 13.6. The number of aromatic nitrogens is 2. The summed E-state index contributed by atoms with van der Waals surface area (Å²) in [5, 5.41) is -1.45. The van der Waals surface area contributed by atoms with Crippen molar-refractivity contribution < 1.29 is 53.8 Å². The Morgan fingerprint density at radius 1 is 1.03 bits per heavy atom. The minimum Gasteiger partial charge on any atom is -0.466 e. The van der Waals surface area contributed by atoms with Crippen molar-refractivity contribution in [1.82, 2.24) is 9.55 Å². The zero-order chi connectivity index (χ0) is 27.8. The van der Waals surface area contributed by atoms with Gasteiger partial charge in [-0.25, -0.2) is 9.78 Å². The largest absolute Gasteiger partial charge is 0.466 e. The normalized spacial score (nSPS) is 13.5. The summed E-state index contributed by atoms with van der Waals surface area (Å²) < 4.78 is 131. The molecule has 0 radical (unpaired) electrons. The molecule has 0 aliphatic rings. The molecular weight excluding hydrogens is 541 g/mol. The van der Waals surface area contributed by atoms with Gasteiger partial charge in [-0.2, -0.15) is 39.5 Å². The first-order chi connectivity index (χ1) is 16.4. The van der Waals surface area contributed by atoms with E-state index in [0.29, 0.717) is 4.57 Å². The number of benzene rings is 1. The lowest BCUT2D eigenvalue weighted by atomic mass is 10.1. The minimum absolute atomic E-state index is 0.0406. The van der Waals surface area contributed by atoms with Crippen LogP contribution in [0.5, 0.6) is 0 Å². The van der Waals surface area contributed by atoms with Crippen molar-refractivity contribution in [2.45, 2.75) is 38.2 Å². The molecule has 1 atom stereocenters. The molecule has 1 heterocycles. The van der Waals surface area contributed by atoms with Crippen LogP contribution < -0.4 is 10.5 Å². The Bertz CT molecular complexity index is 1190. The van der Waals surface area contributed by atoms with E-state index in [2.05, 4.69) is 9.72 Å². The van der Waals surface area contributed by atoms with Gasteiger partial charge >= 0.3 is 24.5 Å². The third-order valence-electron chi connectivity index (χ3n) is 4.62. The van der Waals surface area contributed by atoms with Gasteiger partial charge in [0.1, 0.15) is 0 Å². The first-order valence-electron chi connectivity index (χ1n) is 9.45. The first-order valence-corrected chi connectivity index (χ1v) is 9.83. The summed E-state index contributed by atoms with van der Waals surface area (Å²) in [6, 6.07) is -0.227. The Morgan fingerprint density at radius 2 is 1.61 bits per heavy atom. The van der Waals surface area contributed by atoms with Crippen molar-refractivity contribution in [2.75, 3.05) is 19.1 Å². The number of carbonyl (C=O) groups is 1. The van der Waals surface area contributed by atoms with Gasteiger partial charge in [-0.1, -0.05) is 11.6 Å². The Morgan fingerprint density at radius 3 is 2.03 bits per heavy atom. The van der Waals surface area contributed by atoms with Gasteiger partial charge in [0.15, 0.2) is 5.69 Å². The van der Waals surface area contributed by atoms with E-state index in [1.807, 2.05) is 0 Å². The Balaban J connectivity index is 3.15. The van der Waals surface area contributed by atoms with Crippen LogP contribution in [0.2, 0.25) is 5.02 Å². The molecule has 0 bridgehead atoms. The highest BCUT2D eigenvalue weighted by Gasteiger charge is 2.43. The smallest absolute Gasteiger partial charge is 0.433 e. The quantitative estimate of drug-likeness (QED) is 0.275. The number of esters is 1. The fourth-order valence-electron chi connectivity index (χ4n) is 3.02. The monoisotopic (exact) mass is 555 g/mol. The van der Waals surface area contributed by atoms with Crippen molar-refractivity contribution in [2.24, 2.45) is 0 Å². The van der Waals surface area contributed by atoms with Crippen molar-refractivity contribution in [3.05, 3.63) is 50.4 Å². The van der Waals surface area contributed by atoms with Crippen LogP contribution in [0.3, 0.4) is 0 Å². The van der Waals surface area contributed by atoms with Gasteiger partial charge in [0, 0.05) is 19.7 Å². The van der Waals surface area contributed by atoms with E-state index >= 15 is 0 Å². The van der Waals surface area contributed by atoms with Crippen LogP contribution in [0.15, 0.2) is 23.0 Å². The van der Waals surface area contributed by atoms with Gasteiger partial charge in [0.25, 0.3) is 5.56 Å². The molecule has 0 aliphatic carbocycles. The number of rotatable bonds is 6. The van der Waals surface area contributed by atoms with Gasteiger partial charge in [-0.15, -0.1) is 0 Å². The van der Waals surface area contributed by atoms with E-state index in [0.717, 1.165) is 14.2 Å². The average Bonchev–Trinajstić information content (AvgIpc) is 2.74. The zero-order valence-electron chi connectivity index (χ0n) is 18.3. The molecule has 0 saturated heterocycles. The maximum absolute atomic E-state index is 13.6. The van der Waals surface area contributed by atoms with Gasteiger partial charge in [0.2, 0.25) is 12.2 Å². The zero-order valence-corrected chi connectivity index (χ0v) is 19.0. The number of anilines is 2. The summed E-state index contributed by atoms with van der Waals surface area (Å²) in [5.74, 6) is -2.67. The third-order valence-corrected chi connectivity index (χ3v) is 5.01. The van der Waals surface area contributed by atoms with Gasteiger partial charge in [-0.05, 0) is 19.1 Å². The van der Waals surface area contributed by atoms with Crippen molar-refractivity contribution in [3.63, 3.8) is 0 Å². The van der Waals surface area contributed by atoms with E-state index < -0.39 is 76.3 Å². The summed E-state index contributed by atoms with van der Waals surface area (Å²) in [6.07, 6.45) is -18.5. The second-order valence-corrected chi connectivity index (χ2v) is 7.23. The fourth-order valence-corrected chi connectivity index (χ4v) is 3.33. The topological polar surface area (TPSA) is 73.7 Å². The minimum atomic E-state index is -5.47. The van der Waals surface area contributed by atoms with Crippen LogP contribution >= 0.6 is 11.6 Å². The molecular formula is C19H15ClF9N3O4. The Hall–Kier alpha value is -3.01. The summed E-state index contributed by atoms with van der Waals surface area (Å²) in [5.41, 5.74) is -8.48. The molecule has 17 heteroatoms. The van der Waals surface area contributed by atoms with Crippen molar-refractivity contribution in [3.8, 4) is 0 Å². The highest BCUT2D eigenvalue weighted by molar-refractivity contribution is 6.34. The summed E-state index contributed by atoms with van der Waals surface area (Å²) in [4.78, 5) is 28.1. The van der Waals surface area contributed by atoms with Crippen LogP contribution in [0, 0.1) is 0 Å². The molecule has 36 heavy (non-hydrogen) atoms. The predicted octanol–water partition coefficient (Wildman–Crippen LogP) is 5.26. The fraction of sp³-hybridized carbons (Fsp3) is 0.421. The predicted molar refractivity (Wildman–Crippen MR) is 106 cm³/mol. The van der Waals surface area contributed by atoms with Crippen LogP contribution in [0.1, 0.15) is 23.7 Å². The lowest BCUT2D eigenvalue weighted by Crippen LogP contribution is -2.44. The number of nitrogens with zero attached hydrogens (tertiary/aromatic N) is 3. The summed E-state index contributed by atoms with van der Waals surface area (Å²) in [7, 11) is 1.51. The molecule has 0 fully saturated rings. The lowest BCUT2D eigenvalue weighted by Gasteiger charge is -2.33. The molecule has 1 unspecified atom stereocenters. The average molecular weight is 556 g/mol. The number of carbonyl (C=O) groups excluding carboxylic acids is 1. The van der Waals surface area contributed by atoms with Crippen LogP contribution in [-0.4, -0.2) is 36.0 Å². The second kappa shape index (κ2) is 10.2. The van der Waals surface area contributed by atoms with E-state index in [-0.39, 0.29) is 23.1 Å². The number of methoxy groups -OCH3 is 2. The molecule has 0 N–H and O–H groups in total. The van der Waals surface area contributed by atoms with Gasteiger partial charge in [-0.3, -0.25) is 14.3 Å². The summed E-state index contributed by atoms with van der Waals surface area (Å²) >= 11 is 5.80. The van der Waals surface area contributed by atoms with E-state index in [1.54, 1.807) is 0 Å². The van der Waals surface area contributed by atoms with E-state index in [9.17, 15) is 49.1 Å². The lowest BCUT2D eigenvalue weighted by molar-refractivity contribution is -0.151. The second-order valence-electron chi connectivity index (χ2n) is 6.86. The molecule has 0 amide bonds. The number of halogens is 10. The number of alkyl halides is 9. The molecule has 2 rings (SSSR count). The third kappa shape index (κ3) is 5.86. The summed E-state index contributed by atoms with van der Waals surface area (Å²) in [6.45, 7) is 0.739. The van der Waals surface area contributed by atoms with Gasteiger partial charge < -0.3 is 9.47 Å². The Kier molecular flexibility index (Phi) is 8.25. The standard InChI is InChI=1S/C19H15ClF9N3O4/c1-4-31-12(33)7-11(19(27,28)29)30-16(31)32(14(35-2)15(34)36-3)10-6-8(17(21,22)23)5-9(13(10)20)18(24,25)26/h5-7,14H,4H2,1-3H3. The highest BCUT2D eigenvalue weighted by atomic mass is 35.5. The molecule has 1 aromatic heterocycles. The van der Waals surface area contributed by atoms with Crippen LogP contribution in [-0.2, 0) is 39.3 Å². The Labute approximate surface area is 201 Å². The molecule has 0 spiro atoms. The SMILES string of the molecule is CCn1c(N(c2cc(C(F)(F)F)cc(C(F)(F)F)c2Cl)C(OC)C(=O)OC)nc(C(F)(F)F)cc1=O. The number of hydrogen-bond donors (Lipinski definition) is 0. The first kappa shape index (κ1) is 29.2. The van der Waals surface area contributed by atoms with Gasteiger partial charge in [0.05, 0.1) is 28.9 Å². The van der Waals surface area contributed by atoms with Crippen LogP contribution in [0.4, 0.5) is 51.1 Å². The molecule has 7 nitrogen and oxygen atoms in total. The van der Waals surface area contributed by atoms with Crippen molar-refractivity contribution in [1.29, 1.82) is 0 Å². The maximum Gasteiger partial charge on any atom is 0.433 e. The van der Waals surface area contributed by atoms with E-state index in [4.69, 9.17) is 16.3 Å². The number of ether oxygens (including phenoxy) is 2. The van der Waals surface area contributed by atoms with E-state index in [1.165, 1.54) is 6.92 Å². The number of hydrogen-bond acceptors (Lipinski definition) is 6. The molecule has 0 aliphatic heterocycles. The molecule has 200 valence electrons. The van der Waals surface area contributed by atoms with Crippen LogP contribution in [0.25, 0.3) is 0 Å². The highest BCUT2D eigenvalue weighted by Crippen LogP contribution is 2.46. The molecule has 0 saturated carbocycles. The molecule has 1 aromatic carbocycles. The molecule has 2 aromatic rings.